The predicted octanol–water partition coefficient (Wildman–Crippen LogP) is 3.04. The lowest BCUT2D eigenvalue weighted by Crippen LogP contribution is -2.34. The maximum Gasteiger partial charge on any atom is 0.273 e. The minimum absolute atomic E-state index is 0.0572. The summed E-state index contributed by atoms with van der Waals surface area (Å²) in [6.07, 6.45) is 2.30. The molecule has 0 saturated carbocycles. The van der Waals surface area contributed by atoms with Crippen LogP contribution in [0.4, 0.5) is 0 Å². The number of carbonyl (C=O) groups excluding carboxylic acids is 1. The normalized spacial score (nSPS) is 12.0. The van der Waals surface area contributed by atoms with E-state index in [1.165, 1.54) is 0 Å². The summed E-state index contributed by atoms with van der Waals surface area (Å²) in [6, 6.07) is 13.3. The first kappa shape index (κ1) is 18.1. The third-order valence-corrected chi connectivity index (χ3v) is 4.12. The zero-order valence-corrected chi connectivity index (χ0v) is 15.4. The van der Waals surface area contributed by atoms with Gasteiger partial charge in [-0.15, -0.1) is 5.10 Å². The van der Waals surface area contributed by atoms with Crippen molar-refractivity contribution in [2.75, 3.05) is 0 Å². The number of rotatable bonds is 6. The molecular formula is C19H20ClN5O. The molecule has 134 valence electrons. The quantitative estimate of drug-likeness (QED) is 0.724. The molecule has 7 heteroatoms. The van der Waals surface area contributed by atoms with Gasteiger partial charge >= 0.3 is 0 Å². The fraction of sp³-hybridized carbons (Fsp3) is 0.263. The number of hydrogen-bond donors (Lipinski definition) is 1. The van der Waals surface area contributed by atoms with Crippen molar-refractivity contribution >= 4 is 17.5 Å². The predicted molar refractivity (Wildman–Crippen MR) is 100 cm³/mol. The first-order valence-electron chi connectivity index (χ1n) is 8.37. The van der Waals surface area contributed by atoms with Crippen molar-refractivity contribution in [2.24, 2.45) is 0 Å². The van der Waals surface area contributed by atoms with Crippen LogP contribution in [0.15, 0.2) is 48.7 Å². The van der Waals surface area contributed by atoms with Crippen LogP contribution in [0.1, 0.15) is 34.4 Å². The lowest BCUT2D eigenvalue weighted by Gasteiger charge is -2.12. The summed E-state index contributed by atoms with van der Waals surface area (Å²) in [5, 5.41) is 11.6. The van der Waals surface area contributed by atoms with E-state index in [4.69, 9.17) is 11.6 Å². The van der Waals surface area contributed by atoms with E-state index in [0.29, 0.717) is 23.7 Å². The Labute approximate surface area is 157 Å². The molecule has 2 aromatic heterocycles. The molecule has 1 atom stereocenters. The van der Waals surface area contributed by atoms with Gasteiger partial charge in [0.15, 0.2) is 5.69 Å². The Morgan fingerprint density at radius 1 is 1.23 bits per heavy atom. The second kappa shape index (κ2) is 8.10. The fourth-order valence-electron chi connectivity index (χ4n) is 2.63. The molecule has 0 bridgehead atoms. The molecule has 1 amide bonds. The molecule has 1 unspecified atom stereocenters. The van der Waals surface area contributed by atoms with E-state index < -0.39 is 0 Å². The number of carbonyl (C=O) groups is 1. The van der Waals surface area contributed by atoms with Crippen molar-refractivity contribution in [1.82, 2.24) is 25.3 Å². The number of aryl methyl sites for hydroxylation is 1. The fourth-order valence-corrected chi connectivity index (χ4v) is 2.76. The summed E-state index contributed by atoms with van der Waals surface area (Å²) >= 11 is 5.88. The lowest BCUT2D eigenvalue weighted by molar-refractivity contribution is 0.0935. The van der Waals surface area contributed by atoms with E-state index in [9.17, 15) is 4.79 Å². The van der Waals surface area contributed by atoms with Gasteiger partial charge in [0, 0.05) is 28.9 Å². The highest BCUT2D eigenvalue weighted by Gasteiger charge is 2.14. The maximum atomic E-state index is 12.4. The minimum Gasteiger partial charge on any atom is -0.348 e. The van der Waals surface area contributed by atoms with Gasteiger partial charge in [-0.05, 0) is 43.7 Å². The molecule has 26 heavy (non-hydrogen) atoms. The number of nitrogens with zero attached hydrogens (tertiary/aromatic N) is 4. The van der Waals surface area contributed by atoms with E-state index in [1.54, 1.807) is 10.9 Å². The van der Waals surface area contributed by atoms with Crippen molar-refractivity contribution in [2.45, 2.75) is 32.9 Å². The van der Waals surface area contributed by atoms with Crippen LogP contribution < -0.4 is 5.32 Å². The number of pyridine rings is 1. The highest BCUT2D eigenvalue weighted by Crippen LogP contribution is 2.10. The first-order valence-corrected chi connectivity index (χ1v) is 8.75. The van der Waals surface area contributed by atoms with Crippen molar-refractivity contribution in [3.05, 3.63) is 76.3 Å². The van der Waals surface area contributed by atoms with Gasteiger partial charge in [-0.3, -0.25) is 9.78 Å². The number of halogens is 1. The zero-order valence-electron chi connectivity index (χ0n) is 14.7. The zero-order chi connectivity index (χ0) is 18.5. The molecule has 0 spiro atoms. The van der Waals surface area contributed by atoms with E-state index in [0.717, 1.165) is 17.0 Å². The van der Waals surface area contributed by atoms with Crippen LogP contribution in [0.3, 0.4) is 0 Å². The summed E-state index contributed by atoms with van der Waals surface area (Å²) in [5.74, 6) is -0.243. The van der Waals surface area contributed by atoms with Crippen LogP contribution in [-0.4, -0.2) is 31.9 Å². The van der Waals surface area contributed by atoms with Crippen LogP contribution >= 0.6 is 11.6 Å². The van der Waals surface area contributed by atoms with Crippen LogP contribution in [-0.2, 0) is 13.0 Å². The standard InChI is InChI=1S/C19H20ClN5O/c1-13-4-3-5-17(21-13)10-14(2)22-19(26)18-12-25(24-23-18)11-15-6-8-16(20)9-7-15/h3-9,12,14H,10-11H2,1-2H3,(H,22,26). The van der Waals surface area contributed by atoms with Gasteiger partial charge in [0.25, 0.3) is 5.91 Å². The van der Waals surface area contributed by atoms with Crippen molar-refractivity contribution in [1.29, 1.82) is 0 Å². The van der Waals surface area contributed by atoms with Crippen LogP contribution in [0.5, 0.6) is 0 Å². The molecule has 1 N–H and O–H groups in total. The Morgan fingerprint density at radius 3 is 2.73 bits per heavy atom. The number of benzene rings is 1. The Kier molecular flexibility index (Phi) is 5.63. The molecule has 3 aromatic rings. The Bertz CT molecular complexity index is 891. The SMILES string of the molecule is Cc1cccc(CC(C)NC(=O)c2cn(Cc3ccc(Cl)cc3)nn2)n1. The first-order chi connectivity index (χ1) is 12.5. The van der Waals surface area contributed by atoms with Gasteiger partial charge in [0.1, 0.15) is 0 Å². The highest BCUT2D eigenvalue weighted by molar-refractivity contribution is 6.30. The average molecular weight is 370 g/mol. The van der Waals surface area contributed by atoms with E-state index in [-0.39, 0.29) is 11.9 Å². The van der Waals surface area contributed by atoms with Gasteiger partial charge < -0.3 is 5.32 Å². The van der Waals surface area contributed by atoms with Crippen molar-refractivity contribution in [3.8, 4) is 0 Å². The molecule has 0 fully saturated rings. The summed E-state index contributed by atoms with van der Waals surface area (Å²) in [7, 11) is 0. The average Bonchev–Trinajstić information content (AvgIpc) is 3.05. The summed E-state index contributed by atoms with van der Waals surface area (Å²) in [6.45, 7) is 4.42. The van der Waals surface area contributed by atoms with Gasteiger partial charge in [-0.25, -0.2) is 4.68 Å². The van der Waals surface area contributed by atoms with Crippen molar-refractivity contribution in [3.63, 3.8) is 0 Å². The maximum absolute atomic E-state index is 12.4. The van der Waals surface area contributed by atoms with Gasteiger partial charge in [0.2, 0.25) is 0 Å². The molecule has 0 aliphatic carbocycles. The largest absolute Gasteiger partial charge is 0.348 e. The second-order valence-electron chi connectivity index (χ2n) is 6.28. The molecule has 3 rings (SSSR count). The van der Waals surface area contributed by atoms with Crippen LogP contribution in [0.25, 0.3) is 0 Å². The second-order valence-corrected chi connectivity index (χ2v) is 6.71. The molecule has 1 aromatic carbocycles. The molecule has 0 aliphatic rings. The molecule has 0 saturated heterocycles. The molecule has 0 aliphatic heterocycles. The number of nitrogens with one attached hydrogen (secondary N) is 1. The molecule has 6 nitrogen and oxygen atoms in total. The molecule has 2 heterocycles. The number of aromatic nitrogens is 4. The molecular weight excluding hydrogens is 350 g/mol. The Balaban J connectivity index is 1.58. The minimum atomic E-state index is -0.243. The van der Waals surface area contributed by atoms with Crippen LogP contribution in [0, 0.1) is 6.92 Å². The number of amides is 1. The van der Waals surface area contributed by atoms with Gasteiger partial charge in [-0.1, -0.05) is 35.0 Å². The lowest BCUT2D eigenvalue weighted by atomic mass is 10.1. The smallest absolute Gasteiger partial charge is 0.273 e. The third kappa shape index (κ3) is 4.89. The van der Waals surface area contributed by atoms with E-state index in [1.807, 2.05) is 56.3 Å². The Morgan fingerprint density at radius 2 is 2.00 bits per heavy atom. The molecule has 0 radical (unpaired) electrons. The van der Waals surface area contributed by atoms with Gasteiger partial charge in [0.05, 0.1) is 12.7 Å². The highest BCUT2D eigenvalue weighted by atomic mass is 35.5. The third-order valence-electron chi connectivity index (χ3n) is 3.87. The van der Waals surface area contributed by atoms with Crippen LogP contribution in [0.2, 0.25) is 5.02 Å². The van der Waals surface area contributed by atoms with Crippen molar-refractivity contribution < 1.29 is 4.79 Å². The Hall–Kier alpha value is -2.73. The topological polar surface area (TPSA) is 72.7 Å². The van der Waals surface area contributed by atoms with E-state index in [2.05, 4.69) is 20.6 Å². The summed E-state index contributed by atoms with van der Waals surface area (Å²) < 4.78 is 1.63. The van der Waals surface area contributed by atoms with E-state index >= 15 is 0 Å². The van der Waals surface area contributed by atoms with Gasteiger partial charge in [-0.2, -0.15) is 0 Å². The monoisotopic (exact) mass is 369 g/mol. The number of hydrogen-bond acceptors (Lipinski definition) is 4. The summed E-state index contributed by atoms with van der Waals surface area (Å²) in [5.41, 5.74) is 3.24. The summed E-state index contributed by atoms with van der Waals surface area (Å²) in [4.78, 5) is 16.8.